The number of nitrogens with zero attached hydrogens (tertiary/aromatic N) is 3. The van der Waals surface area contributed by atoms with Crippen molar-refractivity contribution in [2.75, 3.05) is 0 Å². The minimum atomic E-state index is -3.37. The molecule has 2 aromatic heterocycles. The average Bonchev–Trinajstić information content (AvgIpc) is 3.54. The van der Waals surface area contributed by atoms with Gasteiger partial charge in [-0.1, -0.05) is 66.7 Å². The maximum Gasteiger partial charge on any atom is 0.158 e. The van der Waals surface area contributed by atoms with Crippen LogP contribution in [0.3, 0.4) is 0 Å². The van der Waals surface area contributed by atoms with Gasteiger partial charge in [-0.05, 0) is 82.9 Å². The summed E-state index contributed by atoms with van der Waals surface area (Å²) in [7, 11) is -3.37. The van der Waals surface area contributed by atoms with Crippen LogP contribution in [0.4, 0.5) is 0 Å². The molecule has 0 unspecified atom stereocenters. The summed E-state index contributed by atoms with van der Waals surface area (Å²) < 4.78 is 31.2. The molecule has 0 saturated heterocycles. The Balaban J connectivity index is 1.32. The van der Waals surface area contributed by atoms with Crippen molar-refractivity contribution in [3.05, 3.63) is 144 Å². The molecule has 0 spiro atoms. The van der Waals surface area contributed by atoms with Gasteiger partial charge in [-0.3, -0.25) is 0 Å². The minimum Gasteiger partial charge on any atom is -0.309 e. The third kappa shape index (κ3) is 3.88. The molecular formula is C39H25N3O2S. The van der Waals surface area contributed by atoms with Gasteiger partial charge in [-0.2, -0.15) is 5.26 Å². The van der Waals surface area contributed by atoms with E-state index in [1.54, 1.807) is 0 Å². The van der Waals surface area contributed by atoms with Gasteiger partial charge in [0.1, 0.15) is 0 Å². The van der Waals surface area contributed by atoms with Gasteiger partial charge in [0.25, 0.3) is 0 Å². The molecule has 0 atom stereocenters. The maximum atomic E-state index is 13.3. The van der Waals surface area contributed by atoms with Crippen molar-refractivity contribution in [2.45, 2.75) is 11.5 Å². The Kier molecular flexibility index (Phi) is 5.41. The van der Waals surface area contributed by atoms with Crippen LogP contribution < -0.4 is 0 Å². The fraction of sp³-hybridized carbons (Fsp3) is 0.0513. The number of para-hydroxylation sites is 3. The number of sulfone groups is 1. The van der Waals surface area contributed by atoms with Crippen molar-refractivity contribution in [3.63, 3.8) is 0 Å². The van der Waals surface area contributed by atoms with Gasteiger partial charge in [0.15, 0.2) is 9.84 Å². The topological polar surface area (TPSA) is 67.8 Å². The Hall–Kier alpha value is -5.64. The quantitative estimate of drug-likeness (QED) is 0.199. The van der Waals surface area contributed by atoms with Gasteiger partial charge in [0.2, 0.25) is 0 Å². The molecule has 0 saturated carbocycles. The molecule has 5 nitrogen and oxygen atoms in total. The Morgan fingerprint density at radius 1 is 0.511 bits per heavy atom. The molecule has 1 aliphatic heterocycles. The first kappa shape index (κ1) is 25.8. The zero-order chi connectivity index (χ0) is 30.3. The monoisotopic (exact) mass is 599 g/mol. The summed E-state index contributed by atoms with van der Waals surface area (Å²) in [6.07, 6.45) is 0. The second-order valence-corrected chi connectivity index (χ2v) is 13.8. The van der Waals surface area contributed by atoms with Gasteiger partial charge in [0.05, 0.1) is 45.2 Å². The summed E-state index contributed by atoms with van der Waals surface area (Å²) in [4.78, 5) is 0. The zero-order valence-corrected chi connectivity index (χ0v) is 24.9. The summed E-state index contributed by atoms with van der Waals surface area (Å²) in [5.41, 5.74) is 10.2. The van der Waals surface area contributed by atoms with Crippen LogP contribution in [0.15, 0.2) is 127 Å². The first-order valence-electron chi connectivity index (χ1n) is 14.9. The highest BCUT2D eigenvalue weighted by molar-refractivity contribution is 7.89. The van der Waals surface area contributed by atoms with Gasteiger partial charge >= 0.3 is 0 Å². The molecule has 45 heavy (non-hydrogen) atoms. The van der Waals surface area contributed by atoms with E-state index in [4.69, 9.17) is 0 Å². The Bertz CT molecular complexity index is 2640. The molecule has 214 valence electrons. The molecule has 8 aromatic rings. The van der Waals surface area contributed by atoms with Gasteiger partial charge in [0, 0.05) is 32.9 Å². The molecule has 0 radical (unpaired) electrons. The van der Waals surface area contributed by atoms with Crippen LogP contribution in [0.1, 0.15) is 16.7 Å². The van der Waals surface area contributed by atoms with Crippen LogP contribution in [-0.2, 0) is 21.3 Å². The molecule has 3 heterocycles. The lowest BCUT2D eigenvalue weighted by Gasteiger charge is -2.16. The molecule has 0 fully saturated rings. The van der Waals surface area contributed by atoms with Crippen LogP contribution in [0.2, 0.25) is 0 Å². The number of benzene rings is 6. The minimum absolute atomic E-state index is 0.00782. The van der Waals surface area contributed by atoms with E-state index in [0.717, 1.165) is 66.5 Å². The average molecular weight is 600 g/mol. The number of hydrogen-bond acceptors (Lipinski definition) is 3. The number of fused-ring (bicyclic) bond motifs is 9. The first-order valence-corrected chi connectivity index (χ1v) is 16.7. The molecular weight excluding hydrogens is 575 g/mol. The molecule has 6 heteroatoms. The van der Waals surface area contributed by atoms with Crippen LogP contribution in [0.25, 0.3) is 66.1 Å². The van der Waals surface area contributed by atoms with Gasteiger partial charge in [-0.15, -0.1) is 0 Å². The highest BCUT2D eigenvalue weighted by atomic mass is 32.2. The van der Waals surface area contributed by atoms with Crippen molar-refractivity contribution in [1.29, 1.82) is 5.26 Å². The van der Waals surface area contributed by atoms with E-state index in [0.29, 0.717) is 5.56 Å². The Morgan fingerprint density at radius 2 is 0.956 bits per heavy atom. The third-order valence-electron chi connectivity index (χ3n) is 9.13. The van der Waals surface area contributed by atoms with E-state index in [9.17, 15) is 13.7 Å². The van der Waals surface area contributed by atoms with E-state index in [2.05, 4.69) is 88.0 Å². The van der Waals surface area contributed by atoms with Crippen LogP contribution >= 0.6 is 0 Å². The lowest BCUT2D eigenvalue weighted by atomic mass is 9.95. The first-order chi connectivity index (χ1) is 22.0. The number of hydrogen-bond donors (Lipinski definition) is 0. The van der Waals surface area contributed by atoms with Crippen molar-refractivity contribution in [1.82, 2.24) is 9.13 Å². The standard InChI is InChI=1S/C39H25N3O2S/c40-22-25-13-18-39-35(19-25)32-9-3-6-12-38(32)42(39)29-17-15-27-24-45(43,44)23-26-14-16-28(20-33(26)34(27)21-29)41-36-10-4-1-7-30(36)31-8-2-5-11-37(31)41/h1-21H,23-24H2. The SMILES string of the molecule is N#Cc1ccc2c(c1)c1ccccc1n2-c1ccc2c(c1)-c1cc(-n3c4ccccc4c4ccccc43)ccc1CS(=O)(=O)C2. The molecule has 0 aliphatic carbocycles. The molecule has 0 amide bonds. The van der Waals surface area contributed by atoms with Crippen molar-refractivity contribution in [2.24, 2.45) is 0 Å². The summed E-state index contributed by atoms with van der Waals surface area (Å²) in [5, 5.41) is 14.0. The number of aromatic nitrogens is 2. The van der Waals surface area contributed by atoms with Crippen LogP contribution in [0, 0.1) is 11.3 Å². The van der Waals surface area contributed by atoms with Gasteiger partial charge in [-0.25, -0.2) is 8.42 Å². The predicted octanol–water partition coefficient (Wildman–Crippen LogP) is 8.85. The second kappa shape index (κ2) is 9.43. The van der Waals surface area contributed by atoms with Gasteiger partial charge < -0.3 is 9.13 Å². The lowest BCUT2D eigenvalue weighted by molar-refractivity contribution is 0.595. The van der Waals surface area contributed by atoms with E-state index in [1.807, 2.05) is 54.6 Å². The van der Waals surface area contributed by atoms with Crippen LogP contribution in [-0.4, -0.2) is 17.6 Å². The van der Waals surface area contributed by atoms with Crippen molar-refractivity contribution < 1.29 is 8.42 Å². The molecule has 9 rings (SSSR count). The van der Waals surface area contributed by atoms with E-state index in [-0.39, 0.29) is 11.5 Å². The highest BCUT2D eigenvalue weighted by Gasteiger charge is 2.26. The number of nitriles is 1. The smallest absolute Gasteiger partial charge is 0.158 e. The molecule has 0 bridgehead atoms. The largest absolute Gasteiger partial charge is 0.309 e. The Labute approximate surface area is 259 Å². The molecule has 6 aromatic carbocycles. The fourth-order valence-electron chi connectivity index (χ4n) is 7.21. The number of rotatable bonds is 2. The summed E-state index contributed by atoms with van der Waals surface area (Å²) >= 11 is 0. The third-order valence-corrected chi connectivity index (χ3v) is 10.6. The fourth-order valence-corrected chi connectivity index (χ4v) is 8.76. The lowest BCUT2D eigenvalue weighted by Crippen LogP contribution is -2.05. The summed E-state index contributed by atoms with van der Waals surface area (Å²) in [6.45, 7) is 0. The van der Waals surface area contributed by atoms with E-state index >= 15 is 0 Å². The zero-order valence-electron chi connectivity index (χ0n) is 24.1. The predicted molar refractivity (Wildman–Crippen MR) is 182 cm³/mol. The summed E-state index contributed by atoms with van der Waals surface area (Å²) in [6, 6.07) is 45.4. The molecule has 0 N–H and O–H groups in total. The highest BCUT2D eigenvalue weighted by Crippen LogP contribution is 2.40. The second-order valence-electron chi connectivity index (χ2n) is 11.8. The van der Waals surface area contributed by atoms with Crippen molar-refractivity contribution in [3.8, 4) is 28.6 Å². The van der Waals surface area contributed by atoms with Crippen LogP contribution in [0.5, 0.6) is 0 Å². The van der Waals surface area contributed by atoms with E-state index in [1.165, 1.54) is 10.8 Å². The normalized spacial score (nSPS) is 13.9. The van der Waals surface area contributed by atoms with E-state index < -0.39 is 9.84 Å². The maximum absolute atomic E-state index is 13.3. The van der Waals surface area contributed by atoms with Crippen molar-refractivity contribution >= 4 is 53.4 Å². The Morgan fingerprint density at radius 3 is 1.44 bits per heavy atom. The molecule has 1 aliphatic rings. The summed E-state index contributed by atoms with van der Waals surface area (Å²) in [5.74, 6) is -0.0210.